The average Bonchev–Trinajstić information content (AvgIpc) is 3.12. The van der Waals surface area contributed by atoms with Gasteiger partial charge in [0.1, 0.15) is 0 Å². The Bertz CT molecular complexity index is 565. The van der Waals surface area contributed by atoms with Crippen LogP contribution in [0.5, 0.6) is 0 Å². The highest BCUT2D eigenvalue weighted by molar-refractivity contribution is 5.64. The van der Waals surface area contributed by atoms with Crippen molar-refractivity contribution in [1.29, 1.82) is 0 Å². The maximum absolute atomic E-state index is 5.28. The van der Waals surface area contributed by atoms with Gasteiger partial charge in [0.05, 0.1) is 0 Å². The van der Waals surface area contributed by atoms with Crippen molar-refractivity contribution in [2.45, 2.75) is 45.6 Å². The van der Waals surface area contributed by atoms with Gasteiger partial charge in [-0.1, -0.05) is 25.8 Å². The number of hydrogen-bond donors (Lipinski definition) is 1. The highest BCUT2D eigenvalue weighted by atomic mass is 16.4. The molecule has 0 spiro atoms. The van der Waals surface area contributed by atoms with E-state index < -0.39 is 0 Å². The van der Waals surface area contributed by atoms with Crippen LogP contribution in [0.4, 0.5) is 5.69 Å². The van der Waals surface area contributed by atoms with E-state index in [-0.39, 0.29) is 0 Å². The molecule has 0 bridgehead atoms. The van der Waals surface area contributed by atoms with Crippen LogP contribution in [0.15, 0.2) is 29.0 Å². The fourth-order valence-electron chi connectivity index (χ4n) is 3.12. The Morgan fingerprint density at radius 2 is 2.25 bits per heavy atom. The molecule has 4 nitrogen and oxygen atoms in total. The summed E-state index contributed by atoms with van der Waals surface area (Å²) in [7, 11) is 0. The molecular formula is C16H21N3O. The van der Waals surface area contributed by atoms with Crippen molar-refractivity contribution < 1.29 is 4.42 Å². The molecule has 0 radical (unpaired) electrons. The second-order valence-corrected chi connectivity index (χ2v) is 5.62. The molecule has 1 N–H and O–H groups in total. The molecule has 4 heteroatoms. The normalized spacial score (nSPS) is 22.1. The van der Waals surface area contributed by atoms with Crippen molar-refractivity contribution in [3.8, 4) is 11.5 Å². The lowest BCUT2D eigenvalue weighted by atomic mass is 9.99. The van der Waals surface area contributed by atoms with E-state index in [2.05, 4.69) is 41.5 Å². The van der Waals surface area contributed by atoms with Gasteiger partial charge in [0, 0.05) is 17.3 Å². The largest absolute Gasteiger partial charge is 0.423 e. The van der Waals surface area contributed by atoms with Crippen LogP contribution in [0.3, 0.4) is 0 Å². The van der Waals surface area contributed by atoms with E-state index in [0.717, 1.165) is 11.5 Å². The molecule has 0 aliphatic heterocycles. The van der Waals surface area contributed by atoms with Crippen LogP contribution in [-0.2, 0) is 0 Å². The lowest BCUT2D eigenvalue weighted by Crippen LogP contribution is -2.23. The Hall–Kier alpha value is -1.84. The van der Waals surface area contributed by atoms with Crippen LogP contribution in [0.2, 0.25) is 0 Å². The van der Waals surface area contributed by atoms with Gasteiger partial charge in [0.2, 0.25) is 12.3 Å². The summed E-state index contributed by atoms with van der Waals surface area (Å²) in [6, 6.07) is 6.85. The van der Waals surface area contributed by atoms with E-state index >= 15 is 0 Å². The van der Waals surface area contributed by atoms with Crippen molar-refractivity contribution >= 4 is 5.69 Å². The van der Waals surface area contributed by atoms with Crippen LogP contribution in [0, 0.1) is 12.8 Å². The number of aromatic nitrogens is 2. The minimum absolute atomic E-state index is 0.575. The van der Waals surface area contributed by atoms with Gasteiger partial charge in [-0.2, -0.15) is 0 Å². The Balaban J connectivity index is 1.83. The maximum atomic E-state index is 5.28. The Morgan fingerprint density at radius 3 is 3.00 bits per heavy atom. The van der Waals surface area contributed by atoms with Gasteiger partial charge in [-0.3, -0.25) is 0 Å². The molecule has 1 aromatic carbocycles. The van der Waals surface area contributed by atoms with Crippen molar-refractivity contribution in [3.63, 3.8) is 0 Å². The van der Waals surface area contributed by atoms with Crippen LogP contribution >= 0.6 is 0 Å². The smallest absolute Gasteiger partial charge is 0.247 e. The summed E-state index contributed by atoms with van der Waals surface area (Å²) < 4.78 is 5.28. The van der Waals surface area contributed by atoms with Crippen LogP contribution < -0.4 is 5.32 Å². The zero-order valence-electron chi connectivity index (χ0n) is 12.1. The zero-order chi connectivity index (χ0) is 13.9. The first-order valence-corrected chi connectivity index (χ1v) is 7.41. The topological polar surface area (TPSA) is 51.0 Å². The first-order chi connectivity index (χ1) is 9.78. The summed E-state index contributed by atoms with van der Waals surface area (Å²) >= 11 is 0. The fourth-order valence-corrected chi connectivity index (χ4v) is 3.12. The van der Waals surface area contributed by atoms with Gasteiger partial charge < -0.3 is 9.73 Å². The van der Waals surface area contributed by atoms with E-state index in [1.807, 2.05) is 6.07 Å². The van der Waals surface area contributed by atoms with Crippen molar-refractivity contribution in [2.75, 3.05) is 5.32 Å². The van der Waals surface area contributed by atoms with Crippen molar-refractivity contribution in [3.05, 3.63) is 30.2 Å². The molecule has 2 aromatic rings. The van der Waals surface area contributed by atoms with Gasteiger partial charge in [0.25, 0.3) is 0 Å². The van der Waals surface area contributed by atoms with E-state index in [4.69, 9.17) is 4.42 Å². The number of nitrogens with one attached hydrogen (secondary N) is 1. The molecule has 1 aromatic heterocycles. The molecular weight excluding hydrogens is 250 g/mol. The van der Waals surface area contributed by atoms with E-state index in [1.54, 1.807) is 0 Å². The highest BCUT2D eigenvalue weighted by Crippen LogP contribution is 2.32. The van der Waals surface area contributed by atoms with Gasteiger partial charge in [-0.05, 0) is 43.4 Å². The van der Waals surface area contributed by atoms with Gasteiger partial charge in [-0.25, -0.2) is 0 Å². The van der Waals surface area contributed by atoms with Crippen LogP contribution in [0.1, 0.15) is 38.2 Å². The molecule has 1 aliphatic carbocycles. The predicted octanol–water partition coefficient (Wildman–Crippen LogP) is 4.04. The zero-order valence-corrected chi connectivity index (χ0v) is 12.1. The molecule has 1 fully saturated rings. The third kappa shape index (κ3) is 2.55. The van der Waals surface area contributed by atoms with Gasteiger partial charge >= 0.3 is 0 Å². The van der Waals surface area contributed by atoms with Crippen molar-refractivity contribution in [1.82, 2.24) is 10.2 Å². The van der Waals surface area contributed by atoms with E-state index in [1.165, 1.54) is 43.3 Å². The molecule has 3 rings (SSSR count). The fraction of sp³-hybridized carbons (Fsp3) is 0.500. The van der Waals surface area contributed by atoms with E-state index in [0.29, 0.717) is 11.9 Å². The molecule has 1 heterocycles. The molecule has 2 unspecified atom stereocenters. The molecule has 20 heavy (non-hydrogen) atoms. The SMILES string of the molecule is CCC1CCCC1Nc1cc(-c2nnco2)ccc1C. The first-order valence-electron chi connectivity index (χ1n) is 7.41. The minimum Gasteiger partial charge on any atom is -0.423 e. The standard InChI is InChI=1S/C16H21N3O/c1-3-12-5-4-6-14(12)18-15-9-13(8-7-11(15)2)16-19-17-10-20-16/h7-10,12,14,18H,3-6H2,1-2H3. The van der Waals surface area contributed by atoms with Crippen LogP contribution in [-0.4, -0.2) is 16.2 Å². The predicted molar refractivity (Wildman–Crippen MR) is 79.5 cm³/mol. The van der Waals surface area contributed by atoms with Gasteiger partial charge in [-0.15, -0.1) is 10.2 Å². The lowest BCUT2D eigenvalue weighted by molar-refractivity contribution is 0.489. The van der Waals surface area contributed by atoms with Crippen LogP contribution in [0.25, 0.3) is 11.5 Å². The summed E-state index contributed by atoms with van der Waals surface area (Å²) in [5.41, 5.74) is 3.42. The molecule has 106 valence electrons. The molecule has 0 amide bonds. The number of rotatable bonds is 4. The lowest BCUT2D eigenvalue weighted by Gasteiger charge is -2.22. The Labute approximate surface area is 119 Å². The highest BCUT2D eigenvalue weighted by Gasteiger charge is 2.25. The Morgan fingerprint density at radius 1 is 1.35 bits per heavy atom. The number of nitrogens with zero attached hydrogens (tertiary/aromatic N) is 2. The number of aryl methyl sites for hydroxylation is 1. The van der Waals surface area contributed by atoms with Gasteiger partial charge in [0.15, 0.2) is 0 Å². The monoisotopic (exact) mass is 271 g/mol. The maximum Gasteiger partial charge on any atom is 0.247 e. The number of hydrogen-bond acceptors (Lipinski definition) is 4. The minimum atomic E-state index is 0.575. The third-order valence-corrected chi connectivity index (χ3v) is 4.37. The number of anilines is 1. The second-order valence-electron chi connectivity index (χ2n) is 5.62. The summed E-state index contributed by atoms with van der Waals surface area (Å²) in [6.07, 6.45) is 6.56. The van der Waals surface area contributed by atoms with Crippen molar-refractivity contribution in [2.24, 2.45) is 5.92 Å². The first kappa shape index (κ1) is 13.2. The average molecular weight is 271 g/mol. The second kappa shape index (κ2) is 5.65. The summed E-state index contributed by atoms with van der Waals surface area (Å²) in [4.78, 5) is 0. The summed E-state index contributed by atoms with van der Waals surface area (Å²) in [6.45, 7) is 4.42. The van der Waals surface area contributed by atoms with E-state index in [9.17, 15) is 0 Å². The summed E-state index contributed by atoms with van der Waals surface area (Å²) in [5, 5.41) is 11.4. The molecule has 1 saturated carbocycles. The molecule has 1 aliphatic rings. The third-order valence-electron chi connectivity index (χ3n) is 4.37. The Kier molecular flexibility index (Phi) is 3.72. The number of benzene rings is 1. The molecule has 2 atom stereocenters. The quantitative estimate of drug-likeness (QED) is 0.912. The summed E-state index contributed by atoms with van der Waals surface area (Å²) in [5.74, 6) is 1.37. The molecule has 0 saturated heterocycles.